The summed E-state index contributed by atoms with van der Waals surface area (Å²) in [6.07, 6.45) is 1.93. The van der Waals surface area contributed by atoms with Gasteiger partial charge < -0.3 is 9.32 Å². The molecule has 3 atom stereocenters. The average molecular weight is 341 g/mol. The largest absolute Gasteiger partial charge is 0.425 e. The Labute approximate surface area is 149 Å². The van der Waals surface area contributed by atoms with Crippen LogP contribution in [0.4, 0.5) is 0 Å². The van der Waals surface area contributed by atoms with E-state index < -0.39 is 0 Å². The van der Waals surface area contributed by atoms with Gasteiger partial charge in [0.2, 0.25) is 17.7 Å². The van der Waals surface area contributed by atoms with E-state index in [0.29, 0.717) is 30.5 Å². The van der Waals surface area contributed by atoms with Gasteiger partial charge in [0.15, 0.2) is 0 Å². The van der Waals surface area contributed by atoms with Gasteiger partial charge in [0.05, 0.1) is 0 Å². The van der Waals surface area contributed by atoms with Crippen molar-refractivity contribution in [3.63, 3.8) is 0 Å². The Kier molecular flexibility index (Phi) is 5.21. The molecule has 0 spiro atoms. The lowest BCUT2D eigenvalue weighted by molar-refractivity contribution is -0.133. The molecule has 1 amide bonds. The number of amides is 1. The molecule has 2 heterocycles. The Morgan fingerprint density at radius 2 is 1.96 bits per heavy atom. The molecule has 0 unspecified atom stereocenters. The molecule has 1 aliphatic rings. The monoisotopic (exact) mass is 341 g/mol. The van der Waals surface area contributed by atoms with Crippen LogP contribution in [0, 0.1) is 0 Å². The number of nitrogens with zero attached hydrogens (tertiary/aromatic N) is 3. The summed E-state index contributed by atoms with van der Waals surface area (Å²) in [4.78, 5) is 14.8. The number of hydrogen-bond acceptors (Lipinski definition) is 4. The van der Waals surface area contributed by atoms with Crippen LogP contribution in [0.15, 0.2) is 34.7 Å². The molecule has 1 aromatic carbocycles. The lowest BCUT2D eigenvalue weighted by atomic mass is 9.92. The minimum atomic E-state index is 0.169. The van der Waals surface area contributed by atoms with Gasteiger partial charge in [-0.15, -0.1) is 10.2 Å². The van der Waals surface area contributed by atoms with E-state index in [1.807, 2.05) is 24.8 Å². The topological polar surface area (TPSA) is 59.2 Å². The minimum absolute atomic E-state index is 0.169. The quantitative estimate of drug-likeness (QED) is 0.827. The molecule has 1 aromatic heterocycles. The number of carbonyl (C=O) groups excluding carboxylic acids is 1. The fraction of sp³-hybridized carbons (Fsp3) is 0.550. The predicted octanol–water partition coefficient (Wildman–Crippen LogP) is 3.92. The van der Waals surface area contributed by atoms with Crippen molar-refractivity contribution in [3.05, 3.63) is 47.7 Å². The van der Waals surface area contributed by atoms with Crippen LogP contribution in [0.5, 0.6) is 0 Å². The molecule has 0 saturated carbocycles. The van der Waals surface area contributed by atoms with Crippen molar-refractivity contribution in [1.82, 2.24) is 15.1 Å². The van der Waals surface area contributed by atoms with Gasteiger partial charge in [0, 0.05) is 36.8 Å². The van der Waals surface area contributed by atoms with Crippen LogP contribution in [-0.4, -0.2) is 33.1 Å². The van der Waals surface area contributed by atoms with Crippen molar-refractivity contribution in [2.24, 2.45) is 0 Å². The van der Waals surface area contributed by atoms with Gasteiger partial charge in [-0.1, -0.05) is 44.2 Å². The third kappa shape index (κ3) is 3.75. The second kappa shape index (κ2) is 7.38. The highest BCUT2D eigenvalue weighted by Crippen LogP contribution is 2.37. The van der Waals surface area contributed by atoms with Crippen molar-refractivity contribution < 1.29 is 9.21 Å². The third-order valence-corrected chi connectivity index (χ3v) is 5.14. The van der Waals surface area contributed by atoms with E-state index >= 15 is 0 Å². The maximum atomic E-state index is 12.8. The molecule has 3 rings (SSSR count). The van der Waals surface area contributed by atoms with E-state index in [9.17, 15) is 4.79 Å². The Hall–Kier alpha value is -2.17. The molecule has 5 nitrogen and oxygen atoms in total. The molecule has 2 aromatic rings. The van der Waals surface area contributed by atoms with Gasteiger partial charge in [-0.2, -0.15) is 0 Å². The molecule has 134 valence electrons. The van der Waals surface area contributed by atoms with Crippen LogP contribution in [0.3, 0.4) is 0 Å². The summed E-state index contributed by atoms with van der Waals surface area (Å²) in [5.41, 5.74) is 1.32. The van der Waals surface area contributed by atoms with Crippen LogP contribution < -0.4 is 0 Å². The first-order chi connectivity index (χ1) is 12.0. The molecule has 1 fully saturated rings. The van der Waals surface area contributed by atoms with Crippen molar-refractivity contribution in [1.29, 1.82) is 0 Å². The molecular weight excluding hydrogens is 314 g/mol. The second-order valence-corrected chi connectivity index (χ2v) is 7.33. The first-order valence-corrected chi connectivity index (χ1v) is 9.15. The number of hydrogen-bond donors (Lipinski definition) is 0. The molecule has 5 heteroatoms. The van der Waals surface area contributed by atoms with Gasteiger partial charge in [-0.3, -0.25) is 4.79 Å². The van der Waals surface area contributed by atoms with Gasteiger partial charge in [0.1, 0.15) is 0 Å². The van der Waals surface area contributed by atoms with E-state index in [4.69, 9.17) is 4.42 Å². The van der Waals surface area contributed by atoms with Crippen LogP contribution in [0.25, 0.3) is 0 Å². The number of rotatable bonds is 5. The van der Waals surface area contributed by atoms with Gasteiger partial charge in [-0.25, -0.2) is 0 Å². The normalized spacial score (nSPS) is 23.4. The Balaban J connectivity index is 1.63. The SMILES string of the molecule is CC(C)c1nnc(CCC(=O)N2[C@H](C)C[C@H](c3ccccc3)[C@@H]2C)o1. The number of likely N-dealkylation sites (tertiary alicyclic amines) is 1. The average Bonchev–Trinajstić information content (AvgIpc) is 3.18. The second-order valence-electron chi connectivity index (χ2n) is 7.33. The van der Waals surface area contributed by atoms with Crippen molar-refractivity contribution >= 4 is 5.91 Å². The predicted molar refractivity (Wildman–Crippen MR) is 96.3 cm³/mol. The zero-order valence-corrected chi connectivity index (χ0v) is 15.5. The van der Waals surface area contributed by atoms with Crippen LogP contribution in [0.1, 0.15) is 69.7 Å². The Morgan fingerprint density at radius 1 is 1.24 bits per heavy atom. The summed E-state index contributed by atoms with van der Waals surface area (Å²) in [5, 5.41) is 8.08. The fourth-order valence-corrected chi connectivity index (χ4v) is 3.80. The van der Waals surface area contributed by atoms with E-state index in [1.165, 1.54) is 5.56 Å². The lowest BCUT2D eigenvalue weighted by Gasteiger charge is -2.28. The van der Waals surface area contributed by atoms with Crippen LogP contribution >= 0.6 is 0 Å². The fourth-order valence-electron chi connectivity index (χ4n) is 3.80. The molecule has 0 N–H and O–H groups in total. The lowest BCUT2D eigenvalue weighted by Crippen LogP contribution is -2.39. The number of aromatic nitrogens is 2. The third-order valence-electron chi connectivity index (χ3n) is 5.14. The molecule has 0 aliphatic carbocycles. The van der Waals surface area contributed by atoms with E-state index in [0.717, 1.165) is 6.42 Å². The van der Waals surface area contributed by atoms with E-state index in [1.54, 1.807) is 0 Å². The molecule has 1 aliphatic heterocycles. The first-order valence-electron chi connectivity index (χ1n) is 9.15. The summed E-state index contributed by atoms with van der Waals surface area (Å²) >= 11 is 0. The van der Waals surface area contributed by atoms with Gasteiger partial charge >= 0.3 is 0 Å². The highest BCUT2D eigenvalue weighted by atomic mass is 16.4. The maximum Gasteiger partial charge on any atom is 0.223 e. The van der Waals surface area contributed by atoms with Crippen LogP contribution in [0.2, 0.25) is 0 Å². The maximum absolute atomic E-state index is 12.8. The molecule has 0 radical (unpaired) electrons. The van der Waals surface area contributed by atoms with E-state index in [2.05, 4.69) is 48.3 Å². The molecule has 1 saturated heterocycles. The smallest absolute Gasteiger partial charge is 0.223 e. The molecular formula is C20H27N3O2. The number of benzene rings is 1. The summed E-state index contributed by atoms with van der Waals surface area (Å²) in [7, 11) is 0. The molecule has 0 bridgehead atoms. The zero-order chi connectivity index (χ0) is 18.0. The molecule has 25 heavy (non-hydrogen) atoms. The highest BCUT2D eigenvalue weighted by Gasteiger charge is 2.39. The van der Waals surface area contributed by atoms with Crippen molar-refractivity contribution in [2.45, 2.75) is 70.9 Å². The summed E-state index contributed by atoms with van der Waals surface area (Å²) in [6.45, 7) is 8.32. The summed E-state index contributed by atoms with van der Waals surface area (Å²) < 4.78 is 5.61. The highest BCUT2D eigenvalue weighted by molar-refractivity contribution is 5.77. The van der Waals surface area contributed by atoms with Crippen molar-refractivity contribution in [3.8, 4) is 0 Å². The van der Waals surface area contributed by atoms with E-state index in [-0.39, 0.29) is 23.9 Å². The Bertz CT molecular complexity index is 711. The standard InChI is InChI=1S/C20H27N3O2/c1-13(2)20-22-21-18(25-20)10-11-19(24)23-14(3)12-17(15(23)4)16-8-6-5-7-9-16/h5-9,13-15,17H,10-12H2,1-4H3/t14-,15+,17+/m1/s1. The van der Waals surface area contributed by atoms with Gasteiger partial charge in [0.25, 0.3) is 0 Å². The number of carbonyl (C=O) groups is 1. The minimum Gasteiger partial charge on any atom is -0.425 e. The summed E-state index contributed by atoms with van der Waals surface area (Å²) in [5.74, 6) is 1.96. The zero-order valence-electron chi connectivity index (χ0n) is 15.5. The first kappa shape index (κ1) is 17.6. The van der Waals surface area contributed by atoms with Crippen molar-refractivity contribution in [2.75, 3.05) is 0 Å². The van der Waals surface area contributed by atoms with Gasteiger partial charge in [-0.05, 0) is 25.8 Å². The van der Waals surface area contributed by atoms with Crippen LogP contribution in [-0.2, 0) is 11.2 Å². The number of aryl methyl sites for hydroxylation is 1. The Morgan fingerprint density at radius 3 is 2.60 bits per heavy atom. The summed E-state index contributed by atoms with van der Waals surface area (Å²) in [6, 6.07) is 10.9.